The summed E-state index contributed by atoms with van der Waals surface area (Å²) < 4.78 is 0. The van der Waals surface area contributed by atoms with Crippen LogP contribution in [-0.4, -0.2) is 24.8 Å². The molecule has 0 bridgehead atoms. The average molecular weight is 171 g/mol. The fourth-order valence-electron chi connectivity index (χ4n) is 0.813. The minimum atomic E-state index is -0.470. The van der Waals surface area contributed by atoms with Crippen LogP contribution in [0, 0.1) is 0 Å². The van der Waals surface area contributed by atoms with E-state index in [0.717, 1.165) is 12.8 Å². The normalized spacial score (nSPS) is 12.2. The van der Waals surface area contributed by atoms with Gasteiger partial charge in [-0.15, -0.1) is 0 Å². The molecular weight excluding hydrogens is 156 g/mol. The molecule has 0 aromatic rings. The third kappa shape index (κ3) is 7.21. The molecule has 0 unspecified atom stereocenters. The number of amides is 1. The quantitative estimate of drug-likeness (QED) is 0.540. The van der Waals surface area contributed by atoms with Crippen molar-refractivity contribution in [1.82, 2.24) is 5.32 Å². The highest BCUT2D eigenvalue weighted by Crippen LogP contribution is 1.95. The lowest BCUT2D eigenvalue weighted by atomic mass is 10.1. The van der Waals surface area contributed by atoms with Crippen LogP contribution in [0.5, 0.6) is 0 Å². The summed E-state index contributed by atoms with van der Waals surface area (Å²) in [6, 6.07) is -0.470. The Kier molecular flexibility index (Phi) is 6.28. The van der Waals surface area contributed by atoms with Crippen molar-refractivity contribution in [3.05, 3.63) is 0 Å². The molecule has 1 radical (unpaired) electrons. The Labute approximate surface area is 72.5 Å². The lowest BCUT2D eigenvalue weighted by Crippen LogP contribution is -2.23. The SMILES string of the molecule is CC(=O)NCCCC[C@H](N)[C]=O. The van der Waals surface area contributed by atoms with Gasteiger partial charge in [-0.25, -0.2) is 0 Å². The van der Waals surface area contributed by atoms with Gasteiger partial charge in [0.05, 0.1) is 6.04 Å². The molecule has 0 rings (SSSR count). The predicted octanol–water partition coefficient (Wildman–Crippen LogP) is -0.270. The first-order valence-electron chi connectivity index (χ1n) is 4.04. The summed E-state index contributed by atoms with van der Waals surface area (Å²) in [7, 11) is 0. The lowest BCUT2D eigenvalue weighted by Gasteiger charge is -2.03. The van der Waals surface area contributed by atoms with Gasteiger partial charge in [-0.1, -0.05) is 0 Å². The molecule has 69 valence electrons. The lowest BCUT2D eigenvalue weighted by molar-refractivity contribution is -0.118. The van der Waals surface area contributed by atoms with Crippen molar-refractivity contribution in [3.8, 4) is 0 Å². The van der Waals surface area contributed by atoms with E-state index in [1.807, 2.05) is 0 Å². The van der Waals surface area contributed by atoms with Crippen molar-refractivity contribution in [2.45, 2.75) is 32.2 Å². The molecule has 0 aliphatic heterocycles. The van der Waals surface area contributed by atoms with E-state index >= 15 is 0 Å². The zero-order valence-electron chi connectivity index (χ0n) is 7.30. The van der Waals surface area contributed by atoms with E-state index in [-0.39, 0.29) is 5.91 Å². The number of carbonyl (C=O) groups is 1. The van der Waals surface area contributed by atoms with E-state index in [4.69, 9.17) is 5.73 Å². The van der Waals surface area contributed by atoms with Crippen molar-refractivity contribution < 1.29 is 9.59 Å². The number of hydrogen-bond acceptors (Lipinski definition) is 3. The van der Waals surface area contributed by atoms with Gasteiger partial charge in [0.2, 0.25) is 12.2 Å². The second-order valence-corrected chi connectivity index (χ2v) is 2.70. The largest absolute Gasteiger partial charge is 0.356 e. The highest BCUT2D eigenvalue weighted by molar-refractivity contribution is 5.72. The van der Waals surface area contributed by atoms with E-state index < -0.39 is 6.04 Å². The van der Waals surface area contributed by atoms with Crippen molar-refractivity contribution in [2.75, 3.05) is 6.54 Å². The Bertz CT molecular complexity index is 148. The first-order chi connectivity index (χ1) is 5.66. The highest BCUT2D eigenvalue weighted by atomic mass is 16.1. The molecule has 0 saturated heterocycles. The van der Waals surface area contributed by atoms with Gasteiger partial charge in [-0.2, -0.15) is 0 Å². The van der Waals surface area contributed by atoms with Crippen LogP contribution >= 0.6 is 0 Å². The Balaban J connectivity index is 3.10. The maximum atomic E-state index is 10.4. The van der Waals surface area contributed by atoms with E-state index in [9.17, 15) is 9.59 Å². The molecule has 0 aliphatic rings. The van der Waals surface area contributed by atoms with Crippen molar-refractivity contribution >= 4 is 12.2 Å². The summed E-state index contributed by atoms with van der Waals surface area (Å²) in [5.41, 5.74) is 5.30. The summed E-state index contributed by atoms with van der Waals surface area (Å²) in [6.07, 6.45) is 4.05. The second-order valence-electron chi connectivity index (χ2n) is 2.70. The fraction of sp³-hybridized carbons (Fsp3) is 0.750. The Morgan fingerprint density at radius 1 is 1.58 bits per heavy atom. The smallest absolute Gasteiger partial charge is 0.216 e. The van der Waals surface area contributed by atoms with Gasteiger partial charge in [-0.05, 0) is 19.3 Å². The number of nitrogens with one attached hydrogen (secondary N) is 1. The third-order valence-electron chi connectivity index (χ3n) is 1.47. The van der Waals surface area contributed by atoms with Crippen LogP contribution in [0.3, 0.4) is 0 Å². The molecule has 4 heteroatoms. The van der Waals surface area contributed by atoms with Gasteiger partial charge in [0.25, 0.3) is 0 Å². The van der Waals surface area contributed by atoms with Crippen LogP contribution in [0.25, 0.3) is 0 Å². The molecule has 0 spiro atoms. The van der Waals surface area contributed by atoms with Crippen molar-refractivity contribution in [2.24, 2.45) is 5.73 Å². The monoisotopic (exact) mass is 171 g/mol. The fourth-order valence-corrected chi connectivity index (χ4v) is 0.813. The predicted molar refractivity (Wildman–Crippen MR) is 46.2 cm³/mol. The maximum absolute atomic E-state index is 10.4. The third-order valence-corrected chi connectivity index (χ3v) is 1.47. The molecule has 12 heavy (non-hydrogen) atoms. The van der Waals surface area contributed by atoms with Crippen LogP contribution in [0.4, 0.5) is 0 Å². The van der Waals surface area contributed by atoms with Gasteiger partial charge in [0, 0.05) is 13.5 Å². The van der Waals surface area contributed by atoms with Crippen molar-refractivity contribution in [1.29, 1.82) is 0 Å². The molecule has 3 N–H and O–H groups in total. The maximum Gasteiger partial charge on any atom is 0.216 e. The summed E-state index contributed by atoms with van der Waals surface area (Å²) in [5.74, 6) is -0.0266. The zero-order valence-corrected chi connectivity index (χ0v) is 7.30. The number of nitrogens with two attached hydrogens (primary N) is 1. The van der Waals surface area contributed by atoms with Gasteiger partial charge >= 0.3 is 0 Å². The Morgan fingerprint density at radius 2 is 2.25 bits per heavy atom. The molecule has 4 nitrogen and oxygen atoms in total. The number of rotatable bonds is 6. The molecular formula is C8H15N2O2. The van der Waals surface area contributed by atoms with E-state index in [1.165, 1.54) is 6.92 Å². The molecule has 0 aromatic carbocycles. The van der Waals surface area contributed by atoms with Crippen LogP contribution < -0.4 is 11.1 Å². The number of carbonyl (C=O) groups excluding carboxylic acids is 2. The highest BCUT2D eigenvalue weighted by Gasteiger charge is 1.99. The second kappa shape index (κ2) is 6.79. The van der Waals surface area contributed by atoms with Crippen LogP contribution in [0.15, 0.2) is 0 Å². The molecule has 0 aromatic heterocycles. The minimum absolute atomic E-state index is 0.0266. The molecule has 1 amide bonds. The van der Waals surface area contributed by atoms with Gasteiger partial charge in [0.1, 0.15) is 0 Å². The minimum Gasteiger partial charge on any atom is -0.356 e. The van der Waals surface area contributed by atoms with Crippen molar-refractivity contribution in [3.63, 3.8) is 0 Å². The average Bonchev–Trinajstić information content (AvgIpc) is 2.03. The number of hydrogen-bond donors (Lipinski definition) is 2. The van der Waals surface area contributed by atoms with E-state index in [2.05, 4.69) is 5.32 Å². The Morgan fingerprint density at radius 3 is 2.75 bits per heavy atom. The van der Waals surface area contributed by atoms with E-state index in [0.29, 0.717) is 13.0 Å². The summed E-state index contributed by atoms with van der Waals surface area (Å²) in [6.45, 7) is 2.13. The van der Waals surface area contributed by atoms with Gasteiger partial charge in [0.15, 0.2) is 0 Å². The van der Waals surface area contributed by atoms with Gasteiger partial charge < -0.3 is 11.1 Å². The molecule has 0 saturated carbocycles. The van der Waals surface area contributed by atoms with Crippen LogP contribution in [0.2, 0.25) is 0 Å². The summed E-state index contributed by atoms with van der Waals surface area (Å²) in [4.78, 5) is 20.4. The summed E-state index contributed by atoms with van der Waals surface area (Å²) >= 11 is 0. The molecule has 1 atom stereocenters. The topological polar surface area (TPSA) is 72.2 Å². The summed E-state index contributed by atoms with van der Waals surface area (Å²) in [5, 5.41) is 2.66. The van der Waals surface area contributed by atoms with Gasteiger partial charge in [-0.3, -0.25) is 9.59 Å². The first-order valence-corrected chi connectivity index (χ1v) is 4.04. The standard InChI is InChI=1S/C8H15N2O2/c1-7(12)10-5-3-2-4-8(9)6-11/h8H,2-5,9H2,1H3,(H,10,12)/t8-/m0/s1. The molecule has 0 fully saturated rings. The van der Waals surface area contributed by atoms with Crippen LogP contribution in [0.1, 0.15) is 26.2 Å². The molecule has 0 heterocycles. The zero-order chi connectivity index (χ0) is 9.40. The Hall–Kier alpha value is -0.900. The van der Waals surface area contributed by atoms with E-state index in [1.54, 1.807) is 6.29 Å². The number of unbranched alkanes of at least 4 members (excludes halogenated alkanes) is 1. The van der Waals surface area contributed by atoms with Crippen LogP contribution in [-0.2, 0) is 9.59 Å². The molecule has 0 aliphatic carbocycles. The first kappa shape index (κ1) is 11.1.